The summed E-state index contributed by atoms with van der Waals surface area (Å²) in [6.07, 6.45) is 46.8. The standard InChI is InChI=1S/C38H80OSi/c1-4-7-9-11-13-15-17-19-21-23-25-27-29-31-33-35-37-40(39-6-3)38-36-34-32-30-28-26-24-22-20-18-16-14-12-10-8-5-2/h40H,4-38H2,1-3H3. The molecule has 0 amide bonds. The van der Waals surface area contributed by atoms with Crippen LogP contribution in [0.2, 0.25) is 12.1 Å². The van der Waals surface area contributed by atoms with E-state index in [2.05, 4.69) is 20.8 Å². The summed E-state index contributed by atoms with van der Waals surface area (Å²) >= 11 is 0. The Morgan fingerprint density at radius 3 is 0.675 bits per heavy atom. The summed E-state index contributed by atoms with van der Waals surface area (Å²) in [6.45, 7) is 7.78. The van der Waals surface area contributed by atoms with Crippen molar-refractivity contribution in [3.63, 3.8) is 0 Å². The Morgan fingerprint density at radius 1 is 0.275 bits per heavy atom. The van der Waals surface area contributed by atoms with Crippen LogP contribution in [0, 0.1) is 0 Å². The molecule has 0 radical (unpaired) electrons. The highest BCUT2D eigenvalue weighted by atomic mass is 28.3. The lowest BCUT2D eigenvalue weighted by Crippen LogP contribution is -2.17. The third-order valence-electron chi connectivity index (χ3n) is 9.16. The summed E-state index contributed by atoms with van der Waals surface area (Å²) in [4.78, 5) is 0. The van der Waals surface area contributed by atoms with Crippen LogP contribution in [-0.4, -0.2) is 15.6 Å². The molecule has 0 saturated carbocycles. The van der Waals surface area contributed by atoms with Gasteiger partial charge in [-0.15, -0.1) is 0 Å². The van der Waals surface area contributed by atoms with Crippen molar-refractivity contribution in [1.29, 1.82) is 0 Å². The number of hydrogen-bond acceptors (Lipinski definition) is 1. The number of rotatable bonds is 36. The summed E-state index contributed by atoms with van der Waals surface area (Å²) in [6, 6.07) is 2.87. The molecule has 0 atom stereocenters. The Morgan fingerprint density at radius 2 is 0.475 bits per heavy atom. The van der Waals surface area contributed by atoms with E-state index in [1.165, 1.54) is 218 Å². The molecule has 0 aromatic heterocycles. The van der Waals surface area contributed by atoms with E-state index in [1.54, 1.807) is 0 Å². The Hall–Kier alpha value is 0.177. The van der Waals surface area contributed by atoms with Crippen LogP contribution in [0.5, 0.6) is 0 Å². The molecule has 0 fully saturated rings. The first-order valence-corrected chi connectivity index (χ1v) is 21.6. The van der Waals surface area contributed by atoms with E-state index in [9.17, 15) is 0 Å². The average Bonchev–Trinajstić information content (AvgIpc) is 2.96. The lowest BCUT2D eigenvalue weighted by molar-refractivity contribution is 0.338. The van der Waals surface area contributed by atoms with Gasteiger partial charge in [0.1, 0.15) is 0 Å². The van der Waals surface area contributed by atoms with Crippen molar-refractivity contribution in [3.05, 3.63) is 0 Å². The van der Waals surface area contributed by atoms with Crippen molar-refractivity contribution >= 4 is 9.04 Å². The van der Waals surface area contributed by atoms with Gasteiger partial charge in [-0.3, -0.25) is 0 Å². The molecule has 0 unspecified atom stereocenters. The second-order valence-electron chi connectivity index (χ2n) is 13.3. The number of unbranched alkanes of at least 4 members (excludes halogenated alkanes) is 30. The minimum Gasteiger partial charge on any atom is -0.420 e. The molecule has 0 aliphatic rings. The normalized spacial score (nSPS) is 11.7. The van der Waals surface area contributed by atoms with Gasteiger partial charge in [-0.05, 0) is 19.0 Å². The smallest absolute Gasteiger partial charge is 0.176 e. The summed E-state index contributed by atoms with van der Waals surface area (Å²) in [5, 5.41) is 0. The minimum atomic E-state index is -0.920. The second-order valence-corrected chi connectivity index (χ2v) is 16.0. The van der Waals surface area contributed by atoms with E-state index in [4.69, 9.17) is 4.43 Å². The van der Waals surface area contributed by atoms with Crippen molar-refractivity contribution in [1.82, 2.24) is 0 Å². The van der Waals surface area contributed by atoms with E-state index >= 15 is 0 Å². The van der Waals surface area contributed by atoms with Crippen LogP contribution in [0.15, 0.2) is 0 Å². The fourth-order valence-corrected chi connectivity index (χ4v) is 8.97. The maximum atomic E-state index is 6.23. The Bertz CT molecular complexity index is 390. The van der Waals surface area contributed by atoms with Gasteiger partial charge < -0.3 is 4.43 Å². The van der Waals surface area contributed by atoms with E-state index in [-0.39, 0.29) is 0 Å². The van der Waals surface area contributed by atoms with Crippen LogP contribution in [-0.2, 0) is 4.43 Å². The van der Waals surface area contributed by atoms with Gasteiger partial charge in [0.25, 0.3) is 0 Å². The quantitative estimate of drug-likeness (QED) is 0.0529. The first kappa shape index (κ1) is 40.2. The third kappa shape index (κ3) is 34.4. The zero-order valence-corrected chi connectivity index (χ0v) is 29.9. The van der Waals surface area contributed by atoms with Gasteiger partial charge in [-0.1, -0.05) is 219 Å². The van der Waals surface area contributed by atoms with Crippen LogP contribution in [0.4, 0.5) is 0 Å². The van der Waals surface area contributed by atoms with E-state index < -0.39 is 9.04 Å². The monoisotopic (exact) mass is 581 g/mol. The zero-order chi connectivity index (χ0) is 29.0. The van der Waals surface area contributed by atoms with Crippen molar-refractivity contribution in [2.45, 2.75) is 238 Å². The highest BCUT2D eigenvalue weighted by Gasteiger charge is 2.10. The highest BCUT2D eigenvalue weighted by molar-refractivity contribution is 6.51. The first-order valence-electron chi connectivity index (χ1n) is 19.5. The number of hydrogen-bond donors (Lipinski definition) is 0. The lowest BCUT2D eigenvalue weighted by atomic mass is 10.0. The van der Waals surface area contributed by atoms with Gasteiger partial charge in [0.15, 0.2) is 9.04 Å². The van der Waals surface area contributed by atoms with Gasteiger partial charge in [-0.25, -0.2) is 0 Å². The molecule has 0 N–H and O–H groups in total. The van der Waals surface area contributed by atoms with Crippen molar-refractivity contribution in [2.75, 3.05) is 6.61 Å². The molecule has 40 heavy (non-hydrogen) atoms. The van der Waals surface area contributed by atoms with Crippen LogP contribution in [0.3, 0.4) is 0 Å². The second kappa shape index (κ2) is 37.2. The molecule has 0 aromatic carbocycles. The van der Waals surface area contributed by atoms with E-state index in [0.29, 0.717) is 0 Å². The Labute approximate surface area is 257 Å². The third-order valence-corrected chi connectivity index (χ3v) is 12.1. The molecular formula is C38H80OSi. The molecule has 0 spiro atoms. The first-order chi connectivity index (χ1) is 19.8. The summed E-state index contributed by atoms with van der Waals surface area (Å²) < 4.78 is 6.23. The van der Waals surface area contributed by atoms with Gasteiger partial charge in [0, 0.05) is 6.61 Å². The largest absolute Gasteiger partial charge is 0.420 e. The predicted molar refractivity (Wildman–Crippen MR) is 187 cm³/mol. The topological polar surface area (TPSA) is 9.23 Å². The fraction of sp³-hybridized carbons (Fsp3) is 1.00. The van der Waals surface area contributed by atoms with Gasteiger partial charge >= 0.3 is 0 Å². The average molecular weight is 581 g/mol. The lowest BCUT2D eigenvalue weighted by Gasteiger charge is -2.15. The molecule has 0 aliphatic carbocycles. The Balaban J connectivity index is 3.35. The Kier molecular flexibility index (Phi) is 37.4. The van der Waals surface area contributed by atoms with Gasteiger partial charge in [0.2, 0.25) is 0 Å². The summed E-state index contributed by atoms with van der Waals surface area (Å²) in [7, 11) is -0.920. The van der Waals surface area contributed by atoms with Crippen LogP contribution >= 0.6 is 0 Å². The molecule has 0 heterocycles. The van der Waals surface area contributed by atoms with Crippen LogP contribution in [0.1, 0.15) is 226 Å². The predicted octanol–water partition coefficient (Wildman–Crippen LogP) is 14.3. The molecule has 1 nitrogen and oxygen atoms in total. The fourth-order valence-electron chi connectivity index (χ4n) is 6.39. The van der Waals surface area contributed by atoms with E-state index in [0.717, 1.165) is 6.61 Å². The molecule has 0 rings (SSSR count). The molecule has 242 valence electrons. The zero-order valence-electron chi connectivity index (χ0n) is 28.7. The molecule has 0 aromatic rings. The summed E-state index contributed by atoms with van der Waals surface area (Å²) in [5.74, 6) is 0. The van der Waals surface area contributed by atoms with Gasteiger partial charge in [-0.2, -0.15) is 0 Å². The molecule has 0 saturated heterocycles. The molecular weight excluding hydrogens is 501 g/mol. The SMILES string of the molecule is CCCCCCCCCCCCCCCCCC[SiH](CCCCCCCCCCCCCCCCCC)OCC. The van der Waals surface area contributed by atoms with Crippen molar-refractivity contribution < 1.29 is 4.43 Å². The van der Waals surface area contributed by atoms with Crippen LogP contribution < -0.4 is 0 Å². The van der Waals surface area contributed by atoms with Crippen LogP contribution in [0.25, 0.3) is 0 Å². The molecule has 0 bridgehead atoms. The summed E-state index contributed by atoms with van der Waals surface area (Å²) in [5.41, 5.74) is 0. The van der Waals surface area contributed by atoms with Crippen molar-refractivity contribution in [3.8, 4) is 0 Å². The van der Waals surface area contributed by atoms with Gasteiger partial charge in [0.05, 0.1) is 0 Å². The minimum absolute atomic E-state index is 0.920. The molecule has 2 heteroatoms. The maximum Gasteiger partial charge on any atom is 0.176 e. The molecule has 0 aliphatic heterocycles. The van der Waals surface area contributed by atoms with E-state index in [1.807, 2.05) is 0 Å². The maximum absolute atomic E-state index is 6.23. The highest BCUT2D eigenvalue weighted by Crippen LogP contribution is 2.18. The van der Waals surface area contributed by atoms with Crippen molar-refractivity contribution in [2.24, 2.45) is 0 Å².